The van der Waals surface area contributed by atoms with Crippen LogP contribution >= 0.6 is 11.8 Å². The van der Waals surface area contributed by atoms with Crippen LogP contribution in [0, 0.1) is 0 Å². The van der Waals surface area contributed by atoms with Gasteiger partial charge in [-0.1, -0.05) is 6.07 Å². The number of benzene rings is 2. The Morgan fingerprint density at radius 2 is 1.88 bits per heavy atom. The van der Waals surface area contributed by atoms with Gasteiger partial charge >= 0.3 is 5.97 Å². The zero-order valence-corrected chi connectivity index (χ0v) is 19.3. The predicted molar refractivity (Wildman–Crippen MR) is 127 cm³/mol. The number of aliphatic carboxylic acids is 1. The van der Waals surface area contributed by atoms with Crippen LogP contribution in [0.2, 0.25) is 0 Å². The molecule has 2 aromatic rings. The number of hydrogen-bond acceptors (Lipinski definition) is 7. The van der Waals surface area contributed by atoms with Gasteiger partial charge in [0.05, 0.1) is 17.7 Å². The van der Waals surface area contributed by atoms with Crippen LogP contribution in [0.3, 0.4) is 0 Å². The number of methoxy groups -OCH3 is 1. The zero-order valence-electron chi connectivity index (χ0n) is 18.5. The molecule has 1 amide bonds. The van der Waals surface area contributed by atoms with E-state index in [-0.39, 0.29) is 5.91 Å². The molecule has 0 bridgehead atoms. The second kappa shape index (κ2) is 9.78. The summed E-state index contributed by atoms with van der Waals surface area (Å²) in [6.45, 7) is 1.44. The Balaban J connectivity index is 1.83. The standard InChI is InChI=1S/C23H25N3O5S/c1-14(22(28)29)31-18-11-6-15(12-19(18)30-5)13-20-21(27)26(4)23(32-20)24-16-7-9-17(10-8-16)25(2)3/h6-14H,1-5H3,(H,28,29)/b20-13-,24-23?/t14-/m0/s1. The van der Waals surface area contributed by atoms with Crippen molar-refractivity contribution in [1.82, 2.24) is 4.90 Å². The molecule has 0 spiro atoms. The number of amides is 1. The zero-order chi connectivity index (χ0) is 23.4. The summed E-state index contributed by atoms with van der Waals surface area (Å²) in [4.78, 5) is 32.4. The molecule has 1 N–H and O–H groups in total. The van der Waals surface area contributed by atoms with Crippen molar-refractivity contribution in [2.75, 3.05) is 33.2 Å². The number of ether oxygens (including phenoxy) is 2. The minimum Gasteiger partial charge on any atom is -0.493 e. The lowest BCUT2D eigenvalue weighted by atomic mass is 10.2. The molecule has 0 unspecified atom stereocenters. The van der Waals surface area contributed by atoms with Crippen LogP contribution in [0.1, 0.15) is 12.5 Å². The van der Waals surface area contributed by atoms with Gasteiger partial charge in [0.1, 0.15) is 0 Å². The van der Waals surface area contributed by atoms with E-state index in [1.807, 2.05) is 43.3 Å². The molecule has 32 heavy (non-hydrogen) atoms. The number of aliphatic imine (C=N–C) groups is 1. The van der Waals surface area contributed by atoms with Crippen molar-refractivity contribution in [2.45, 2.75) is 13.0 Å². The summed E-state index contributed by atoms with van der Waals surface area (Å²) in [6.07, 6.45) is 0.730. The third kappa shape index (κ3) is 5.23. The van der Waals surface area contributed by atoms with Crippen LogP contribution in [0.25, 0.3) is 6.08 Å². The molecular formula is C23H25N3O5S. The van der Waals surface area contributed by atoms with Gasteiger partial charge in [-0.05, 0) is 66.7 Å². The Bertz CT molecular complexity index is 1080. The Kier molecular flexibility index (Phi) is 7.09. The van der Waals surface area contributed by atoms with E-state index < -0.39 is 12.1 Å². The van der Waals surface area contributed by atoms with Gasteiger partial charge in [0, 0.05) is 26.8 Å². The fourth-order valence-corrected chi connectivity index (χ4v) is 3.84. The summed E-state index contributed by atoms with van der Waals surface area (Å²) in [5.41, 5.74) is 2.55. The van der Waals surface area contributed by atoms with Crippen molar-refractivity contribution in [3.63, 3.8) is 0 Å². The van der Waals surface area contributed by atoms with Crippen molar-refractivity contribution < 1.29 is 24.2 Å². The maximum atomic E-state index is 12.7. The molecule has 168 valence electrons. The molecule has 1 heterocycles. The number of likely N-dealkylation sites (N-methyl/N-ethyl adjacent to an activating group) is 1. The first-order chi connectivity index (χ1) is 15.2. The number of carbonyl (C=O) groups is 2. The summed E-state index contributed by atoms with van der Waals surface area (Å²) in [6, 6.07) is 12.8. The number of carbonyl (C=O) groups excluding carboxylic acids is 1. The highest BCUT2D eigenvalue weighted by atomic mass is 32.2. The number of carboxylic acid groups (broad SMARTS) is 1. The van der Waals surface area contributed by atoms with Gasteiger partial charge in [0.15, 0.2) is 22.8 Å². The second-order valence-corrected chi connectivity index (χ2v) is 8.30. The monoisotopic (exact) mass is 455 g/mol. The highest BCUT2D eigenvalue weighted by Crippen LogP contribution is 2.35. The van der Waals surface area contributed by atoms with E-state index in [9.17, 15) is 9.59 Å². The summed E-state index contributed by atoms with van der Waals surface area (Å²) in [5, 5.41) is 9.62. The molecule has 1 fully saturated rings. The summed E-state index contributed by atoms with van der Waals surface area (Å²) in [7, 11) is 7.10. The number of thioether (sulfide) groups is 1. The molecule has 1 atom stereocenters. The normalized spacial score (nSPS) is 17.0. The number of carboxylic acids is 1. The van der Waals surface area contributed by atoms with E-state index >= 15 is 0 Å². The minimum atomic E-state index is -1.07. The van der Waals surface area contributed by atoms with Crippen molar-refractivity contribution in [3.8, 4) is 11.5 Å². The number of rotatable bonds is 7. The molecule has 0 aliphatic carbocycles. The summed E-state index contributed by atoms with van der Waals surface area (Å²) >= 11 is 1.29. The van der Waals surface area contributed by atoms with Crippen LogP contribution in [0.4, 0.5) is 11.4 Å². The van der Waals surface area contributed by atoms with Crippen molar-refractivity contribution >= 4 is 46.3 Å². The van der Waals surface area contributed by atoms with E-state index in [0.717, 1.165) is 16.9 Å². The lowest BCUT2D eigenvalue weighted by molar-refractivity contribution is -0.144. The van der Waals surface area contributed by atoms with Crippen LogP contribution < -0.4 is 14.4 Å². The average molecular weight is 456 g/mol. The first-order valence-corrected chi connectivity index (χ1v) is 10.6. The molecule has 1 aliphatic heterocycles. The number of hydrogen-bond donors (Lipinski definition) is 1. The Labute approximate surface area is 191 Å². The van der Waals surface area contributed by atoms with Gasteiger partial charge in [-0.25, -0.2) is 9.79 Å². The molecule has 0 saturated carbocycles. The molecule has 3 rings (SSSR count). The number of anilines is 1. The molecule has 1 aliphatic rings. The topological polar surface area (TPSA) is 91.7 Å². The van der Waals surface area contributed by atoms with Crippen molar-refractivity contribution in [1.29, 1.82) is 0 Å². The van der Waals surface area contributed by atoms with E-state index in [2.05, 4.69) is 4.99 Å². The molecule has 9 heteroatoms. The summed E-state index contributed by atoms with van der Waals surface area (Å²) in [5.74, 6) is -0.531. The van der Waals surface area contributed by atoms with Gasteiger partial charge in [-0.3, -0.25) is 9.69 Å². The van der Waals surface area contributed by atoms with Crippen molar-refractivity contribution in [2.24, 2.45) is 4.99 Å². The predicted octanol–water partition coefficient (Wildman–Crippen LogP) is 3.85. The largest absolute Gasteiger partial charge is 0.493 e. The average Bonchev–Trinajstić information content (AvgIpc) is 3.02. The van der Waals surface area contributed by atoms with Gasteiger partial charge in [0.25, 0.3) is 5.91 Å². The number of amidine groups is 1. The molecule has 0 radical (unpaired) electrons. The highest BCUT2D eigenvalue weighted by molar-refractivity contribution is 8.18. The fraction of sp³-hybridized carbons (Fsp3) is 0.261. The van der Waals surface area contributed by atoms with Crippen LogP contribution in [0.5, 0.6) is 11.5 Å². The first-order valence-electron chi connectivity index (χ1n) is 9.80. The molecular weight excluding hydrogens is 430 g/mol. The Hall–Kier alpha value is -3.46. The van der Waals surface area contributed by atoms with Crippen LogP contribution in [-0.4, -0.2) is 61.4 Å². The van der Waals surface area contributed by atoms with E-state index in [0.29, 0.717) is 21.6 Å². The van der Waals surface area contributed by atoms with Gasteiger partial charge in [0.2, 0.25) is 0 Å². The smallest absolute Gasteiger partial charge is 0.344 e. The van der Waals surface area contributed by atoms with E-state index in [1.165, 1.54) is 30.7 Å². The lowest BCUT2D eigenvalue weighted by Gasteiger charge is -2.14. The minimum absolute atomic E-state index is 0.155. The fourth-order valence-electron chi connectivity index (χ4n) is 2.85. The molecule has 2 aromatic carbocycles. The van der Waals surface area contributed by atoms with Crippen LogP contribution in [0.15, 0.2) is 52.4 Å². The van der Waals surface area contributed by atoms with E-state index in [4.69, 9.17) is 14.6 Å². The quantitative estimate of drug-likeness (QED) is 0.634. The molecule has 0 aromatic heterocycles. The Morgan fingerprint density at radius 3 is 2.47 bits per heavy atom. The molecule has 1 saturated heterocycles. The third-order valence-corrected chi connectivity index (χ3v) is 5.79. The second-order valence-electron chi connectivity index (χ2n) is 7.29. The summed E-state index contributed by atoms with van der Waals surface area (Å²) < 4.78 is 10.7. The maximum Gasteiger partial charge on any atom is 0.344 e. The lowest BCUT2D eigenvalue weighted by Crippen LogP contribution is -2.23. The maximum absolute atomic E-state index is 12.7. The van der Waals surface area contributed by atoms with Gasteiger partial charge in [-0.2, -0.15) is 0 Å². The van der Waals surface area contributed by atoms with Gasteiger partial charge in [-0.15, -0.1) is 0 Å². The van der Waals surface area contributed by atoms with Gasteiger partial charge < -0.3 is 19.5 Å². The van der Waals surface area contributed by atoms with Crippen LogP contribution in [-0.2, 0) is 9.59 Å². The van der Waals surface area contributed by atoms with E-state index in [1.54, 1.807) is 31.3 Å². The highest BCUT2D eigenvalue weighted by Gasteiger charge is 2.30. The third-order valence-electron chi connectivity index (χ3n) is 4.73. The number of nitrogens with zero attached hydrogens (tertiary/aromatic N) is 3. The Morgan fingerprint density at radius 1 is 1.19 bits per heavy atom. The molecule has 8 nitrogen and oxygen atoms in total. The SMILES string of the molecule is COc1cc(/C=C2\SC(=Nc3ccc(N(C)C)cc3)N(C)C2=O)ccc1O[C@@H](C)C(=O)O. The van der Waals surface area contributed by atoms with Crippen molar-refractivity contribution in [3.05, 3.63) is 52.9 Å². The first kappa shape index (κ1) is 23.2.